The number of carbonyl (C=O) groups is 1. The molecule has 0 radical (unpaired) electrons. The van der Waals surface area contributed by atoms with Crippen molar-refractivity contribution in [3.05, 3.63) is 41.9 Å². The van der Waals surface area contributed by atoms with E-state index in [-0.39, 0.29) is 31.1 Å². The highest BCUT2D eigenvalue weighted by molar-refractivity contribution is 7.84. The average Bonchev–Trinajstić information content (AvgIpc) is 3.12. The molecule has 3 rings (SSSR count). The first-order valence-electron chi connectivity index (χ1n) is 8.71. The number of H-pyrrole nitrogens is 1. The molecule has 1 atom stereocenters. The van der Waals surface area contributed by atoms with Gasteiger partial charge in [0.25, 0.3) is 0 Å². The number of rotatable bonds is 8. The zero-order valence-electron chi connectivity index (χ0n) is 15.6. The summed E-state index contributed by atoms with van der Waals surface area (Å²) in [5.41, 5.74) is 1.72. The zero-order valence-corrected chi connectivity index (χ0v) is 16.4. The number of nitrogens with one attached hydrogen (secondary N) is 1. The number of nitrogens with zero attached hydrogens (tertiary/aromatic N) is 4. The van der Waals surface area contributed by atoms with Crippen molar-refractivity contribution in [3.8, 4) is 0 Å². The van der Waals surface area contributed by atoms with Crippen LogP contribution in [0.4, 0.5) is 5.82 Å². The zero-order chi connectivity index (χ0) is 20.1. The molecule has 0 aliphatic rings. The van der Waals surface area contributed by atoms with Gasteiger partial charge in [-0.05, 0) is 19.1 Å². The van der Waals surface area contributed by atoms with E-state index in [4.69, 9.17) is 4.74 Å². The van der Waals surface area contributed by atoms with Gasteiger partial charge in [0.05, 0.1) is 40.8 Å². The monoisotopic (exact) mass is 403 g/mol. The van der Waals surface area contributed by atoms with Crippen LogP contribution in [0.1, 0.15) is 23.1 Å². The van der Waals surface area contributed by atoms with Gasteiger partial charge in [0.2, 0.25) is 0 Å². The third-order valence-electron chi connectivity index (χ3n) is 3.95. The summed E-state index contributed by atoms with van der Waals surface area (Å²) in [5, 5.41) is 9.54. The van der Waals surface area contributed by atoms with Gasteiger partial charge in [-0.15, -0.1) is 0 Å². The predicted octanol–water partition coefficient (Wildman–Crippen LogP) is 1.27. The Morgan fingerprint density at radius 1 is 1.32 bits per heavy atom. The highest BCUT2D eigenvalue weighted by Crippen LogP contribution is 2.19. The third kappa shape index (κ3) is 4.34. The topological polar surface area (TPSA) is 121 Å². The van der Waals surface area contributed by atoms with Crippen LogP contribution in [0.25, 0.3) is 11.0 Å². The van der Waals surface area contributed by atoms with E-state index in [0.717, 1.165) is 11.0 Å². The lowest BCUT2D eigenvalue weighted by Gasteiger charge is -2.19. The van der Waals surface area contributed by atoms with Crippen LogP contribution in [0, 0.1) is 0 Å². The smallest absolute Gasteiger partial charge is 0.343 e. The van der Waals surface area contributed by atoms with Gasteiger partial charge < -0.3 is 19.7 Å². The van der Waals surface area contributed by atoms with Crippen LogP contribution in [0.15, 0.2) is 35.6 Å². The number of aliphatic hydroxyl groups excluding tert-OH is 1. The second kappa shape index (κ2) is 8.89. The average molecular weight is 403 g/mol. The minimum atomic E-state index is -1.49. The van der Waals surface area contributed by atoms with Gasteiger partial charge in [0.1, 0.15) is 17.2 Å². The summed E-state index contributed by atoms with van der Waals surface area (Å²) in [5.74, 6) is 0.0982. The Kier molecular flexibility index (Phi) is 6.32. The van der Waals surface area contributed by atoms with Crippen molar-refractivity contribution in [1.82, 2.24) is 19.9 Å². The number of anilines is 1. The Labute approximate surface area is 164 Å². The van der Waals surface area contributed by atoms with E-state index in [2.05, 4.69) is 19.9 Å². The van der Waals surface area contributed by atoms with Gasteiger partial charge in [-0.2, -0.15) is 0 Å². The number of fused-ring (bicyclic) bond motifs is 1. The molecule has 148 valence electrons. The second-order valence-corrected chi connectivity index (χ2v) is 7.30. The molecule has 1 aromatic carbocycles. The van der Waals surface area contributed by atoms with E-state index in [1.54, 1.807) is 18.9 Å². The molecule has 0 amide bonds. The first kappa shape index (κ1) is 19.9. The molecule has 2 N–H and O–H groups in total. The number of benzene rings is 1. The summed E-state index contributed by atoms with van der Waals surface area (Å²) >= 11 is 0. The fourth-order valence-corrected chi connectivity index (χ4v) is 3.53. The van der Waals surface area contributed by atoms with Crippen LogP contribution in [0.3, 0.4) is 0 Å². The molecule has 1 unspecified atom stereocenters. The summed E-state index contributed by atoms with van der Waals surface area (Å²) in [6.45, 7) is 2.10. The van der Waals surface area contributed by atoms with E-state index < -0.39 is 16.8 Å². The lowest BCUT2D eigenvalue weighted by atomic mass is 10.3. The number of esters is 1. The van der Waals surface area contributed by atoms with Crippen molar-refractivity contribution in [2.75, 3.05) is 31.7 Å². The molecule has 0 fully saturated rings. The number of likely N-dealkylation sites (N-methyl/N-ethyl adjacent to an activating group) is 1. The molecule has 0 saturated carbocycles. The molecule has 0 aliphatic carbocycles. The van der Waals surface area contributed by atoms with Crippen LogP contribution < -0.4 is 4.90 Å². The maximum Gasteiger partial charge on any atom is 0.343 e. The number of aliphatic hydroxyl groups is 1. The first-order chi connectivity index (χ1) is 13.5. The maximum atomic E-state index is 12.7. The third-order valence-corrected chi connectivity index (χ3v) is 5.10. The quantitative estimate of drug-likeness (QED) is 0.539. The summed E-state index contributed by atoms with van der Waals surface area (Å²) in [4.78, 5) is 29.7. The molecule has 2 aromatic heterocycles. The fourth-order valence-electron chi connectivity index (χ4n) is 2.60. The number of ether oxygens (including phenoxy) is 1. The molecule has 0 saturated heterocycles. The highest BCUT2D eigenvalue weighted by atomic mass is 32.2. The van der Waals surface area contributed by atoms with Gasteiger partial charge >= 0.3 is 5.97 Å². The van der Waals surface area contributed by atoms with Gasteiger partial charge in [-0.3, -0.25) is 4.21 Å². The van der Waals surface area contributed by atoms with E-state index in [1.807, 2.05) is 24.3 Å². The minimum absolute atomic E-state index is 0.0306. The maximum absolute atomic E-state index is 12.7. The number of aromatic amines is 1. The molecule has 0 aliphatic heterocycles. The molecule has 3 aromatic rings. The Morgan fingerprint density at radius 2 is 2.11 bits per heavy atom. The molecule has 9 nitrogen and oxygen atoms in total. The molecular weight excluding hydrogens is 382 g/mol. The van der Waals surface area contributed by atoms with Crippen molar-refractivity contribution in [2.45, 2.75) is 17.8 Å². The van der Waals surface area contributed by atoms with Crippen molar-refractivity contribution in [1.29, 1.82) is 0 Å². The number of para-hydroxylation sites is 2. The summed E-state index contributed by atoms with van der Waals surface area (Å²) in [6, 6.07) is 7.42. The van der Waals surface area contributed by atoms with E-state index in [1.165, 1.54) is 6.20 Å². The lowest BCUT2D eigenvalue weighted by molar-refractivity contribution is 0.0526. The number of aromatic nitrogens is 4. The number of hydrogen-bond donors (Lipinski definition) is 2. The Hall–Kier alpha value is -2.85. The fraction of sp³-hybridized carbons (Fsp3) is 0.333. The molecular formula is C18H21N5O4S. The standard InChI is InChI=1S/C18H21N5O4S/c1-3-27-17(25)12-10-19-15(22-16(12)23(2)8-9-24)11-28(26)18-20-13-6-4-5-7-14(13)21-18/h4-7,10,24H,3,8-9,11H2,1-2H3,(H,20,21). The molecule has 28 heavy (non-hydrogen) atoms. The predicted molar refractivity (Wildman–Crippen MR) is 105 cm³/mol. The van der Waals surface area contributed by atoms with Gasteiger partial charge in [0, 0.05) is 19.8 Å². The largest absolute Gasteiger partial charge is 0.462 e. The summed E-state index contributed by atoms with van der Waals surface area (Å²) in [6.07, 6.45) is 1.36. The number of hydrogen-bond acceptors (Lipinski definition) is 8. The molecule has 10 heteroatoms. The Balaban J connectivity index is 1.87. The van der Waals surface area contributed by atoms with Crippen molar-refractivity contribution in [3.63, 3.8) is 0 Å². The second-order valence-electron chi connectivity index (χ2n) is 5.94. The van der Waals surface area contributed by atoms with Crippen LogP contribution in [0.5, 0.6) is 0 Å². The van der Waals surface area contributed by atoms with E-state index in [0.29, 0.717) is 16.8 Å². The lowest BCUT2D eigenvalue weighted by Crippen LogP contribution is -2.26. The van der Waals surface area contributed by atoms with Crippen LogP contribution >= 0.6 is 0 Å². The van der Waals surface area contributed by atoms with Crippen LogP contribution in [0.2, 0.25) is 0 Å². The van der Waals surface area contributed by atoms with Crippen LogP contribution in [-0.2, 0) is 21.3 Å². The Bertz CT molecular complexity index is 974. The van der Waals surface area contributed by atoms with Gasteiger partial charge in [-0.1, -0.05) is 12.1 Å². The van der Waals surface area contributed by atoms with E-state index >= 15 is 0 Å². The highest BCUT2D eigenvalue weighted by Gasteiger charge is 2.20. The number of imidazole rings is 1. The van der Waals surface area contributed by atoms with Gasteiger partial charge in [0.15, 0.2) is 5.16 Å². The first-order valence-corrected chi connectivity index (χ1v) is 10.0. The van der Waals surface area contributed by atoms with Crippen molar-refractivity contribution in [2.24, 2.45) is 0 Å². The van der Waals surface area contributed by atoms with Crippen LogP contribution in [-0.4, -0.2) is 62.0 Å². The SMILES string of the molecule is CCOC(=O)c1cnc(CS(=O)c2nc3ccccc3[nH]2)nc1N(C)CCO. The normalized spacial score (nSPS) is 12.1. The van der Waals surface area contributed by atoms with Crippen molar-refractivity contribution >= 4 is 33.6 Å². The molecule has 2 heterocycles. The molecule has 0 bridgehead atoms. The minimum Gasteiger partial charge on any atom is -0.462 e. The summed E-state index contributed by atoms with van der Waals surface area (Å²) in [7, 11) is 0.207. The molecule has 0 spiro atoms. The van der Waals surface area contributed by atoms with E-state index in [9.17, 15) is 14.1 Å². The Morgan fingerprint density at radius 3 is 2.82 bits per heavy atom. The van der Waals surface area contributed by atoms with Crippen molar-refractivity contribution < 1.29 is 18.8 Å². The number of carbonyl (C=O) groups excluding carboxylic acids is 1. The van der Waals surface area contributed by atoms with Gasteiger partial charge in [-0.25, -0.2) is 19.7 Å². The summed E-state index contributed by atoms with van der Waals surface area (Å²) < 4.78 is 17.7.